The van der Waals surface area contributed by atoms with Gasteiger partial charge < -0.3 is 24.4 Å². The van der Waals surface area contributed by atoms with Crippen LogP contribution < -0.4 is 14.8 Å². The highest BCUT2D eigenvalue weighted by Crippen LogP contribution is 2.39. The van der Waals surface area contributed by atoms with E-state index in [1.54, 1.807) is 32.7 Å². The van der Waals surface area contributed by atoms with Crippen molar-refractivity contribution in [1.29, 1.82) is 0 Å². The number of nitrogens with zero attached hydrogens (tertiary/aromatic N) is 3. The first kappa shape index (κ1) is 26.5. The van der Waals surface area contributed by atoms with Gasteiger partial charge in [-0.3, -0.25) is 4.79 Å². The molecule has 3 amide bonds. The predicted molar refractivity (Wildman–Crippen MR) is 136 cm³/mol. The Balaban J connectivity index is 1.93. The molecule has 0 radical (unpaired) electrons. The Morgan fingerprint density at radius 3 is 2.57 bits per heavy atom. The minimum atomic E-state index is -0.444. The van der Waals surface area contributed by atoms with E-state index in [1.807, 2.05) is 56.5 Å². The molecule has 1 aliphatic rings. The van der Waals surface area contributed by atoms with Crippen molar-refractivity contribution in [2.75, 3.05) is 41.0 Å². The van der Waals surface area contributed by atoms with E-state index in [1.165, 1.54) is 9.91 Å². The maximum absolute atomic E-state index is 13.6. The van der Waals surface area contributed by atoms with E-state index in [0.29, 0.717) is 24.5 Å². The van der Waals surface area contributed by atoms with Crippen LogP contribution in [0.2, 0.25) is 0 Å². The number of hydrogen-bond acceptors (Lipinski definition) is 7. The molecule has 1 aromatic heterocycles. The van der Waals surface area contributed by atoms with E-state index in [4.69, 9.17) is 19.3 Å². The highest BCUT2D eigenvalue weighted by atomic mass is 32.1. The highest BCUT2D eigenvalue weighted by molar-refractivity contribution is 7.12. The van der Waals surface area contributed by atoms with Crippen LogP contribution in [-0.4, -0.2) is 74.1 Å². The Hall–Kier alpha value is -3.11. The molecule has 2 heterocycles. The number of benzene rings is 1. The second kappa shape index (κ2) is 11.5. The Morgan fingerprint density at radius 1 is 1.20 bits per heavy atom. The number of rotatable bonds is 9. The van der Waals surface area contributed by atoms with Crippen LogP contribution in [0, 0.1) is 0 Å². The second-order valence-electron chi connectivity index (χ2n) is 9.18. The largest absolute Gasteiger partial charge is 0.497 e. The summed E-state index contributed by atoms with van der Waals surface area (Å²) in [6.07, 6.45) is 0.516. The first-order valence-electron chi connectivity index (χ1n) is 11.4. The molecule has 0 unspecified atom stereocenters. The molecule has 9 nitrogen and oxygen atoms in total. The molecule has 1 atom stereocenters. The van der Waals surface area contributed by atoms with Crippen molar-refractivity contribution in [1.82, 2.24) is 15.2 Å². The number of methoxy groups -OCH3 is 3. The fraction of sp³-hybridized carbons (Fsp3) is 0.480. The lowest BCUT2D eigenvalue weighted by molar-refractivity contribution is -0.133. The summed E-state index contributed by atoms with van der Waals surface area (Å²) in [6.45, 7) is 6.11. The molecule has 1 N–H and O–H groups in total. The zero-order valence-corrected chi connectivity index (χ0v) is 22.0. The molecular weight excluding hydrogens is 468 g/mol. The summed E-state index contributed by atoms with van der Waals surface area (Å²) in [6, 6.07) is 8.71. The van der Waals surface area contributed by atoms with Crippen molar-refractivity contribution in [2.24, 2.45) is 5.10 Å². The fourth-order valence-electron chi connectivity index (χ4n) is 3.76. The Kier molecular flexibility index (Phi) is 8.74. The van der Waals surface area contributed by atoms with Gasteiger partial charge in [0.05, 0.1) is 37.5 Å². The average Bonchev–Trinajstić information content (AvgIpc) is 3.50. The number of amides is 3. The molecule has 2 aromatic rings. The summed E-state index contributed by atoms with van der Waals surface area (Å²) >= 11 is 1.57. The lowest BCUT2D eigenvalue weighted by Gasteiger charge is -2.30. The molecule has 190 valence electrons. The van der Waals surface area contributed by atoms with Gasteiger partial charge in [-0.05, 0) is 50.4 Å². The van der Waals surface area contributed by atoms with Crippen molar-refractivity contribution >= 4 is 29.0 Å². The van der Waals surface area contributed by atoms with E-state index in [9.17, 15) is 9.59 Å². The van der Waals surface area contributed by atoms with Crippen LogP contribution in [0.25, 0.3) is 0 Å². The monoisotopic (exact) mass is 502 g/mol. The summed E-state index contributed by atoms with van der Waals surface area (Å²) in [5, 5.41) is 11.1. The fourth-order valence-corrected chi connectivity index (χ4v) is 4.48. The van der Waals surface area contributed by atoms with Crippen LogP contribution in [0.1, 0.15) is 43.7 Å². The lowest BCUT2D eigenvalue weighted by atomic mass is 9.99. The van der Waals surface area contributed by atoms with Gasteiger partial charge in [-0.15, -0.1) is 11.3 Å². The van der Waals surface area contributed by atoms with Gasteiger partial charge in [-0.2, -0.15) is 5.10 Å². The van der Waals surface area contributed by atoms with Crippen molar-refractivity contribution in [3.63, 3.8) is 0 Å². The van der Waals surface area contributed by atoms with Crippen molar-refractivity contribution in [2.45, 2.75) is 38.8 Å². The summed E-state index contributed by atoms with van der Waals surface area (Å²) in [7, 11) is 4.75. The predicted octanol–water partition coefficient (Wildman–Crippen LogP) is 3.90. The number of hydrazone groups is 1. The maximum Gasteiger partial charge on any atom is 0.318 e. The molecule has 0 spiro atoms. The first-order chi connectivity index (χ1) is 16.7. The van der Waals surface area contributed by atoms with Gasteiger partial charge in [0, 0.05) is 31.2 Å². The van der Waals surface area contributed by atoms with Crippen LogP contribution in [-0.2, 0) is 9.53 Å². The number of hydrogen-bond donors (Lipinski definition) is 1. The molecule has 1 aromatic carbocycles. The number of urea groups is 1. The van der Waals surface area contributed by atoms with Crippen LogP contribution in [0.3, 0.4) is 0 Å². The van der Waals surface area contributed by atoms with Crippen molar-refractivity contribution < 1.29 is 23.8 Å². The average molecular weight is 503 g/mol. The van der Waals surface area contributed by atoms with Gasteiger partial charge >= 0.3 is 6.03 Å². The number of ether oxygens (including phenoxy) is 3. The van der Waals surface area contributed by atoms with Crippen molar-refractivity contribution in [3.05, 3.63) is 46.2 Å². The SMILES string of the molecule is COCCN(CC(=O)N1N=C(c2cccs2)C[C@@H]1c1cc(OC)ccc1OC)C(=O)NC(C)(C)C. The van der Waals surface area contributed by atoms with Crippen LogP contribution in [0.4, 0.5) is 4.79 Å². The Labute approximate surface area is 210 Å². The van der Waals surface area contributed by atoms with Gasteiger partial charge in [0.25, 0.3) is 5.91 Å². The van der Waals surface area contributed by atoms with E-state index in [-0.39, 0.29) is 25.0 Å². The number of carbonyl (C=O) groups excluding carboxylic acids is 2. The highest BCUT2D eigenvalue weighted by Gasteiger charge is 2.36. The van der Waals surface area contributed by atoms with Crippen LogP contribution in [0.5, 0.6) is 11.5 Å². The van der Waals surface area contributed by atoms with Gasteiger partial charge in [-0.1, -0.05) is 6.07 Å². The summed E-state index contributed by atoms with van der Waals surface area (Å²) in [5.74, 6) is 0.994. The van der Waals surface area contributed by atoms with Gasteiger partial charge in [0.2, 0.25) is 0 Å². The summed E-state index contributed by atoms with van der Waals surface area (Å²) < 4.78 is 16.2. The molecule has 0 fully saturated rings. The quantitative estimate of drug-likeness (QED) is 0.562. The number of nitrogens with one attached hydrogen (secondary N) is 1. The molecule has 10 heteroatoms. The zero-order chi connectivity index (χ0) is 25.6. The Morgan fingerprint density at radius 2 is 1.97 bits per heavy atom. The topological polar surface area (TPSA) is 92.7 Å². The van der Waals surface area contributed by atoms with Gasteiger partial charge in [-0.25, -0.2) is 9.80 Å². The second-order valence-corrected chi connectivity index (χ2v) is 10.1. The lowest BCUT2D eigenvalue weighted by Crippen LogP contribution is -2.52. The zero-order valence-electron chi connectivity index (χ0n) is 21.2. The standard InChI is InChI=1S/C25H34N4O5S/c1-25(2,3)26-24(31)28(11-12-32-4)16-23(30)29-20(15-19(27-29)22-8-7-13-35-22)18-14-17(33-5)9-10-21(18)34-6/h7-10,13-14,20H,11-12,15-16H2,1-6H3,(H,26,31)/t20-/m1/s1. The van der Waals surface area contributed by atoms with Crippen LogP contribution >= 0.6 is 11.3 Å². The minimum absolute atomic E-state index is 0.144. The van der Waals surface area contributed by atoms with Crippen LogP contribution in [0.15, 0.2) is 40.8 Å². The summed E-state index contributed by atoms with van der Waals surface area (Å²) in [4.78, 5) is 29.0. The summed E-state index contributed by atoms with van der Waals surface area (Å²) in [5.41, 5.74) is 1.16. The Bertz CT molecular complexity index is 1050. The molecule has 35 heavy (non-hydrogen) atoms. The maximum atomic E-state index is 13.6. The van der Waals surface area contributed by atoms with E-state index >= 15 is 0 Å². The molecule has 0 saturated carbocycles. The molecule has 0 aliphatic carbocycles. The smallest absolute Gasteiger partial charge is 0.318 e. The minimum Gasteiger partial charge on any atom is -0.497 e. The van der Waals surface area contributed by atoms with Crippen molar-refractivity contribution in [3.8, 4) is 11.5 Å². The number of thiophene rings is 1. The first-order valence-corrected chi connectivity index (χ1v) is 12.3. The normalized spacial score (nSPS) is 15.5. The molecule has 0 saturated heterocycles. The molecule has 1 aliphatic heterocycles. The van der Waals surface area contributed by atoms with E-state index in [0.717, 1.165) is 16.2 Å². The van der Waals surface area contributed by atoms with E-state index < -0.39 is 11.6 Å². The molecular formula is C25H34N4O5S. The third-order valence-corrected chi connectivity index (χ3v) is 6.35. The van der Waals surface area contributed by atoms with Gasteiger partial charge in [0.1, 0.15) is 18.0 Å². The molecule has 0 bridgehead atoms. The third kappa shape index (κ3) is 6.73. The number of carbonyl (C=O) groups is 2. The third-order valence-electron chi connectivity index (χ3n) is 5.43. The molecule has 3 rings (SSSR count). The van der Waals surface area contributed by atoms with Gasteiger partial charge in [0.15, 0.2) is 0 Å². The van der Waals surface area contributed by atoms with E-state index in [2.05, 4.69) is 5.32 Å².